The summed E-state index contributed by atoms with van der Waals surface area (Å²) in [6.07, 6.45) is 3.67. The molecule has 126 valence electrons. The van der Waals surface area contributed by atoms with Gasteiger partial charge in [0.05, 0.1) is 27.3 Å². The minimum Gasteiger partial charge on any atom is -0.242 e. The topological polar surface area (TPSA) is 46.4 Å². The van der Waals surface area contributed by atoms with Crippen LogP contribution >= 0.6 is 11.6 Å². The lowest BCUT2D eigenvalue weighted by atomic mass is 10.0. The van der Waals surface area contributed by atoms with E-state index >= 15 is 0 Å². The molecule has 6 heteroatoms. The van der Waals surface area contributed by atoms with Crippen LogP contribution in [-0.2, 0) is 11.0 Å². The fourth-order valence-corrected chi connectivity index (χ4v) is 3.35. The number of rotatable bonds is 4. The second kappa shape index (κ2) is 6.67. The number of aromatic nitrogens is 2. The van der Waals surface area contributed by atoms with Gasteiger partial charge in [-0.1, -0.05) is 23.7 Å². The Balaban J connectivity index is 2.03. The van der Waals surface area contributed by atoms with Crippen LogP contribution in [0.3, 0.4) is 0 Å². The third-order valence-corrected chi connectivity index (χ3v) is 5.56. The molecule has 0 aliphatic carbocycles. The first-order valence-corrected chi connectivity index (χ1v) is 9.24. The number of benzene rings is 1. The summed E-state index contributed by atoms with van der Waals surface area (Å²) in [6.45, 7) is 5.86. The highest BCUT2D eigenvalue weighted by molar-refractivity contribution is 7.84. The largest absolute Gasteiger partial charge is 0.242 e. The van der Waals surface area contributed by atoms with Crippen LogP contribution in [0.1, 0.15) is 37.9 Å². The van der Waals surface area contributed by atoms with Crippen molar-refractivity contribution in [1.29, 1.82) is 0 Å². The average Bonchev–Trinajstić information content (AvgIpc) is 3.00. The van der Waals surface area contributed by atoms with Crippen molar-refractivity contribution >= 4 is 28.1 Å². The van der Waals surface area contributed by atoms with Gasteiger partial charge in [-0.2, -0.15) is 5.10 Å². The minimum atomic E-state index is -1.20. The van der Waals surface area contributed by atoms with Crippen LogP contribution < -0.4 is 4.72 Å². The Hall–Kier alpha value is -1.69. The standard InChI is InChI=1S/C18H20ClN3OS/c1-18(2,3)24(23)21-17(13-4-6-15(19)7-5-13)14-9-11-22-16(12-14)8-10-20-22/h4-12,17,21H,1-3H3. The van der Waals surface area contributed by atoms with Crippen LogP contribution in [0.2, 0.25) is 5.02 Å². The van der Waals surface area contributed by atoms with Crippen molar-refractivity contribution in [3.63, 3.8) is 0 Å². The van der Waals surface area contributed by atoms with E-state index in [1.54, 1.807) is 6.20 Å². The molecule has 0 bridgehead atoms. The number of nitrogens with zero attached hydrogens (tertiary/aromatic N) is 2. The summed E-state index contributed by atoms with van der Waals surface area (Å²) in [5.41, 5.74) is 3.04. The van der Waals surface area contributed by atoms with Gasteiger partial charge in [-0.3, -0.25) is 0 Å². The molecular formula is C18H20ClN3OS. The summed E-state index contributed by atoms with van der Waals surface area (Å²) in [5, 5.41) is 4.90. The quantitative estimate of drug-likeness (QED) is 0.759. The maximum absolute atomic E-state index is 12.7. The van der Waals surface area contributed by atoms with Crippen LogP contribution in [-0.4, -0.2) is 18.6 Å². The van der Waals surface area contributed by atoms with Gasteiger partial charge >= 0.3 is 0 Å². The number of nitrogens with one attached hydrogen (secondary N) is 1. The highest BCUT2D eigenvalue weighted by atomic mass is 35.5. The molecule has 0 saturated heterocycles. The van der Waals surface area contributed by atoms with E-state index in [1.807, 2.05) is 67.9 Å². The summed E-state index contributed by atoms with van der Waals surface area (Å²) in [4.78, 5) is 0. The molecule has 24 heavy (non-hydrogen) atoms. The summed E-state index contributed by atoms with van der Waals surface area (Å²) in [5.74, 6) is 0. The van der Waals surface area contributed by atoms with E-state index in [-0.39, 0.29) is 10.8 Å². The van der Waals surface area contributed by atoms with E-state index in [9.17, 15) is 4.21 Å². The lowest BCUT2D eigenvalue weighted by Gasteiger charge is -2.25. The zero-order chi connectivity index (χ0) is 17.3. The smallest absolute Gasteiger partial charge is 0.0979 e. The number of fused-ring (bicyclic) bond motifs is 1. The normalized spacial score (nSPS) is 14.7. The minimum absolute atomic E-state index is 0.192. The Kier molecular flexibility index (Phi) is 4.76. The monoisotopic (exact) mass is 361 g/mol. The second-order valence-electron chi connectivity index (χ2n) is 6.64. The zero-order valence-corrected chi connectivity index (χ0v) is 15.4. The number of halogens is 1. The van der Waals surface area contributed by atoms with Crippen LogP contribution in [0.4, 0.5) is 0 Å². The molecule has 3 aromatic rings. The molecule has 4 nitrogen and oxygen atoms in total. The van der Waals surface area contributed by atoms with Crippen LogP contribution in [0.15, 0.2) is 54.9 Å². The zero-order valence-electron chi connectivity index (χ0n) is 13.9. The number of hydrogen-bond donors (Lipinski definition) is 1. The lowest BCUT2D eigenvalue weighted by Crippen LogP contribution is -2.36. The Morgan fingerprint density at radius 3 is 2.50 bits per heavy atom. The third-order valence-electron chi connectivity index (χ3n) is 3.74. The second-order valence-corrected chi connectivity index (χ2v) is 9.08. The summed E-state index contributed by atoms with van der Waals surface area (Å²) < 4.78 is 17.4. The van der Waals surface area contributed by atoms with Crippen molar-refractivity contribution in [2.45, 2.75) is 31.6 Å². The van der Waals surface area contributed by atoms with Crippen molar-refractivity contribution in [3.8, 4) is 0 Å². The predicted molar refractivity (Wildman–Crippen MR) is 99.5 cm³/mol. The first-order valence-electron chi connectivity index (χ1n) is 7.71. The molecule has 2 aromatic heterocycles. The van der Waals surface area contributed by atoms with Gasteiger partial charge in [-0.25, -0.2) is 13.4 Å². The van der Waals surface area contributed by atoms with Crippen molar-refractivity contribution in [2.75, 3.05) is 0 Å². The molecule has 0 spiro atoms. The Morgan fingerprint density at radius 1 is 1.12 bits per heavy atom. The highest BCUT2D eigenvalue weighted by Crippen LogP contribution is 2.26. The van der Waals surface area contributed by atoms with Gasteiger partial charge < -0.3 is 0 Å². The van der Waals surface area contributed by atoms with Gasteiger partial charge in [-0.15, -0.1) is 0 Å². The van der Waals surface area contributed by atoms with Crippen molar-refractivity contribution in [3.05, 3.63) is 71.0 Å². The molecule has 1 aromatic carbocycles. The number of hydrogen-bond acceptors (Lipinski definition) is 2. The predicted octanol–water partition coefficient (Wildman–Crippen LogP) is 4.13. The SMILES string of the molecule is CC(C)(C)S(=O)NC(c1ccc(Cl)cc1)c1ccn2nccc2c1. The van der Waals surface area contributed by atoms with Crippen LogP contribution in [0, 0.1) is 0 Å². The van der Waals surface area contributed by atoms with E-state index in [4.69, 9.17) is 11.6 Å². The molecular weight excluding hydrogens is 342 g/mol. The van der Waals surface area contributed by atoms with Crippen molar-refractivity contribution < 1.29 is 4.21 Å². The molecule has 0 saturated carbocycles. The molecule has 0 radical (unpaired) electrons. The van der Waals surface area contributed by atoms with E-state index in [2.05, 4.69) is 15.9 Å². The molecule has 2 atom stereocenters. The highest BCUT2D eigenvalue weighted by Gasteiger charge is 2.25. The maximum Gasteiger partial charge on any atom is 0.0979 e. The lowest BCUT2D eigenvalue weighted by molar-refractivity contribution is 0.623. The summed E-state index contributed by atoms with van der Waals surface area (Å²) in [7, 11) is -1.20. The fourth-order valence-electron chi connectivity index (χ4n) is 2.39. The van der Waals surface area contributed by atoms with Crippen molar-refractivity contribution in [1.82, 2.24) is 14.3 Å². The van der Waals surface area contributed by atoms with Crippen LogP contribution in [0.25, 0.3) is 5.52 Å². The average molecular weight is 362 g/mol. The van der Waals surface area contributed by atoms with Gasteiger partial charge in [0.2, 0.25) is 0 Å². The fraction of sp³-hybridized carbons (Fsp3) is 0.278. The molecule has 3 rings (SSSR count). The molecule has 2 heterocycles. The van der Waals surface area contributed by atoms with Gasteiger partial charge in [0.15, 0.2) is 0 Å². The molecule has 2 unspecified atom stereocenters. The van der Waals surface area contributed by atoms with E-state index < -0.39 is 11.0 Å². The molecule has 0 fully saturated rings. The van der Waals surface area contributed by atoms with Gasteiger partial charge in [0.25, 0.3) is 0 Å². The first-order chi connectivity index (χ1) is 11.3. The molecule has 0 amide bonds. The summed E-state index contributed by atoms with van der Waals surface area (Å²) >= 11 is 6.01. The first kappa shape index (κ1) is 17.1. The number of pyridine rings is 1. The Labute approximate surface area is 149 Å². The van der Waals surface area contributed by atoms with Crippen LogP contribution in [0.5, 0.6) is 0 Å². The van der Waals surface area contributed by atoms with E-state index in [1.165, 1.54) is 0 Å². The molecule has 0 aliphatic rings. The third kappa shape index (κ3) is 3.69. The molecule has 1 N–H and O–H groups in total. The van der Waals surface area contributed by atoms with Gasteiger partial charge in [0, 0.05) is 17.4 Å². The Bertz CT molecular complexity index is 868. The van der Waals surface area contributed by atoms with E-state index in [0.29, 0.717) is 5.02 Å². The molecule has 0 aliphatic heterocycles. The summed E-state index contributed by atoms with van der Waals surface area (Å²) in [6, 6.07) is 13.4. The Morgan fingerprint density at radius 2 is 1.83 bits per heavy atom. The van der Waals surface area contributed by atoms with Gasteiger partial charge in [0.1, 0.15) is 0 Å². The van der Waals surface area contributed by atoms with E-state index in [0.717, 1.165) is 16.6 Å². The van der Waals surface area contributed by atoms with Gasteiger partial charge in [-0.05, 0) is 62.2 Å². The maximum atomic E-state index is 12.7. The van der Waals surface area contributed by atoms with Crippen molar-refractivity contribution in [2.24, 2.45) is 0 Å².